The van der Waals surface area contributed by atoms with Crippen LogP contribution in [0.4, 0.5) is 17.2 Å². The van der Waals surface area contributed by atoms with E-state index in [9.17, 15) is 0 Å². The quantitative estimate of drug-likeness (QED) is 0.706. The summed E-state index contributed by atoms with van der Waals surface area (Å²) in [5.41, 5.74) is 8.76. The molecule has 3 aromatic rings. The molecule has 0 saturated carbocycles. The fraction of sp³-hybridized carbons (Fsp3) is 0.0714. The Hall–Kier alpha value is -2.40. The number of halogens is 1. The highest BCUT2D eigenvalue weighted by atomic mass is 35.5. The molecule has 2 heterocycles. The Bertz CT molecular complexity index is 782. The van der Waals surface area contributed by atoms with Crippen molar-refractivity contribution in [1.82, 2.24) is 15.0 Å². The third kappa shape index (κ3) is 2.23. The van der Waals surface area contributed by atoms with Gasteiger partial charge < -0.3 is 11.1 Å². The van der Waals surface area contributed by atoms with E-state index >= 15 is 0 Å². The summed E-state index contributed by atoms with van der Waals surface area (Å²) in [5.74, 6) is 0.487. The highest BCUT2D eigenvalue weighted by molar-refractivity contribution is 6.28. The molecule has 1 aromatic carbocycles. The number of aryl methyl sites for hydroxylation is 1. The molecule has 0 amide bonds. The SMILES string of the molecule is Cc1nc(Cl)nc(Nc2cccc3cccnc23)c1N. The summed E-state index contributed by atoms with van der Waals surface area (Å²) < 4.78 is 0. The number of benzene rings is 1. The number of hydrogen-bond donors (Lipinski definition) is 2. The minimum Gasteiger partial charge on any atom is -0.394 e. The van der Waals surface area contributed by atoms with Gasteiger partial charge in [-0.3, -0.25) is 4.98 Å². The lowest BCUT2D eigenvalue weighted by atomic mass is 10.2. The maximum atomic E-state index is 5.98. The second-order valence-electron chi connectivity index (χ2n) is 4.35. The van der Waals surface area contributed by atoms with Crippen LogP contribution in [-0.2, 0) is 0 Å². The Balaban J connectivity index is 2.10. The number of fused-ring (bicyclic) bond motifs is 1. The van der Waals surface area contributed by atoms with E-state index in [0.29, 0.717) is 17.2 Å². The topological polar surface area (TPSA) is 76.7 Å². The van der Waals surface area contributed by atoms with Gasteiger partial charge in [-0.2, -0.15) is 4.98 Å². The Kier molecular flexibility index (Phi) is 3.12. The molecule has 0 bridgehead atoms. The van der Waals surface area contributed by atoms with Gasteiger partial charge in [0.05, 0.1) is 22.6 Å². The number of hydrogen-bond acceptors (Lipinski definition) is 5. The van der Waals surface area contributed by atoms with Gasteiger partial charge in [-0.05, 0) is 30.7 Å². The summed E-state index contributed by atoms with van der Waals surface area (Å²) in [5, 5.41) is 4.37. The normalized spacial score (nSPS) is 10.7. The van der Waals surface area contributed by atoms with Gasteiger partial charge in [-0.15, -0.1) is 0 Å². The van der Waals surface area contributed by atoms with Crippen LogP contribution in [0, 0.1) is 6.92 Å². The zero-order valence-electron chi connectivity index (χ0n) is 10.8. The first-order chi connectivity index (χ1) is 9.65. The lowest BCUT2D eigenvalue weighted by Gasteiger charge is -2.11. The van der Waals surface area contributed by atoms with E-state index in [0.717, 1.165) is 16.6 Å². The number of anilines is 3. The number of nitrogen functional groups attached to an aromatic ring is 1. The van der Waals surface area contributed by atoms with Crippen molar-refractivity contribution >= 4 is 39.7 Å². The van der Waals surface area contributed by atoms with E-state index in [-0.39, 0.29) is 5.28 Å². The molecule has 0 saturated heterocycles. The zero-order valence-corrected chi connectivity index (χ0v) is 11.5. The van der Waals surface area contributed by atoms with Crippen LogP contribution in [0.1, 0.15) is 5.69 Å². The van der Waals surface area contributed by atoms with Crippen molar-refractivity contribution in [1.29, 1.82) is 0 Å². The molecular weight excluding hydrogens is 274 g/mol. The summed E-state index contributed by atoms with van der Waals surface area (Å²) in [4.78, 5) is 12.5. The Morgan fingerprint density at radius 2 is 1.95 bits per heavy atom. The first-order valence-electron chi connectivity index (χ1n) is 6.05. The number of rotatable bonds is 2. The fourth-order valence-electron chi connectivity index (χ4n) is 1.98. The van der Waals surface area contributed by atoms with Crippen molar-refractivity contribution in [3.05, 3.63) is 47.5 Å². The maximum Gasteiger partial charge on any atom is 0.224 e. The highest BCUT2D eigenvalue weighted by Gasteiger charge is 2.09. The van der Waals surface area contributed by atoms with Gasteiger partial charge in [0.1, 0.15) is 0 Å². The van der Waals surface area contributed by atoms with Crippen LogP contribution in [0.3, 0.4) is 0 Å². The molecule has 6 heteroatoms. The zero-order chi connectivity index (χ0) is 14.1. The lowest BCUT2D eigenvalue weighted by molar-refractivity contribution is 1.11. The standard InChI is InChI=1S/C14H12ClN5/c1-8-11(16)13(20-14(15)18-8)19-10-6-2-4-9-5-3-7-17-12(9)10/h2-7H,16H2,1H3,(H,18,19,20). The Morgan fingerprint density at radius 3 is 2.80 bits per heavy atom. The van der Waals surface area contributed by atoms with Crippen LogP contribution >= 0.6 is 11.6 Å². The van der Waals surface area contributed by atoms with E-state index < -0.39 is 0 Å². The molecule has 0 radical (unpaired) electrons. The first kappa shape index (κ1) is 12.6. The van der Waals surface area contributed by atoms with E-state index in [1.807, 2.05) is 30.3 Å². The molecule has 0 aliphatic carbocycles. The second kappa shape index (κ2) is 4.94. The fourth-order valence-corrected chi connectivity index (χ4v) is 2.19. The summed E-state index contributed by atoms with van der Waals surface area (Å²) in [6.45, 7) is 1.79. The molecule has 0 spiro atoms. The van der Waals surface area contributed by atoms with E-state index in [1.165, 1.54) is 0 Å². The van der Waals surface area contributed by atoms with Crippen molar-refractivity contribution in [2.24, 2.45) is 0 Å². The smallest absolute Gasteiger partial charge is 0.224 e. The molecule has 20 heavy (non-hydrogen) atoms. The molecular formula is C14H12ClN5. The average molecular weight is 286 g/mol. The number of nitrogens with zero attached hydrogens (tertiary/aromatic N) is 3. The van der Waals surface area contributed by atoms with Crippen LogP contribution < -0.4 is 11.1 Å². The van der Waals surface area contributed by atoms with Crippen LogP contribution in [0.25, 0.3) is 10.9 Å². The van der Waals surface area contributed by atoms with Gasteiger partial charge in [0.2, 0.25) is 5.28 Å². The number of pyridine rings is 1. The molecule has 2 aromatic heterocycles. The van der Waals surface area contributed by atoms with Crippen molar-refractivity contribution in [3.63, 3.8) is 0 Å². The van der Waals surface area contributed by atoms with Crippen molar-refractivity contribution < 1.29 is 0 Å². The van der Waals surface area contributed by atoms with Crippen LogP contribution in [0.2, 0.25) is 5.28 Å². The molecule has 0 atom stereocenters. The maximum absolute atomic E-state index is 5.98. The van der Waals surface area contributed by atoms with Gasteiger partial charge in [0, 0.05) is 11.6 Å². The molecule has 0 fully saturated rings. The molecule has 5 nitrogen and oxygen atoms in total. The number of nitrogens with one attached hydrogen (secondary N) is 1. The van der Waals surface area contributed by atoms with E-state index in [4.69, 9.17) is 17.3 Å². The summed E-state index contributed by atoms with van der Waals surface area (Å²) in [7, 11) is 0. The molecule has 0 aliphatic heterocycles. The summed E-state index contributed by atoms with van der Waals surface area (Å²) in [6, 6.07) is 9.74. The van der Waals surface area contributed by atoms with Crippen molar-refractivity contribution in [3.8, 4) is 0 Å². The minimum absolute atomic E-state index is 0.160. The molecule has 3 N–H and O–H groups in total. The molecule has 0 unspecified atom stereocenters. The molecule has 100 valence electrons. The lowest BCUT2D eigenvalue weighted by Crippen LogP contribution is -2.04. The van der Waals surface area contributed by atoms with Gasteiger partial charge >= 0.3 is 0 Å². The van der Waals surface area contributed by atoms with Crippen LogP contribution in [-0.4, -0.2) is 15.0 Å². The van der Waals surface area contributed by atoms with Gasteiger partial charge in [0.25, 0.3) is 0 Å². The van der Waals surface area contributed by atoms with Gasteiger partial charge in [-0.25, -0.2) is 4.98 Å². The van der Waals surface area contributed by atoms with Gasteiger partial charge in [-0.1, -0.05) is 18.2 Å². The molecule has 3 rings (SSSR count). The van der Waals surface area contributed by atoms with Gasteiger partial charge in [0.15, 0.2) is 5.82 Å². The summed E-state index contributed by atoms with van der Waals surface area (Å²) in [6.07, 6.45) is 1.75. The Morgan fingerprint density at radius 1 is 1.15 bits per heavy atom. The van der Waals surface area contributed by atoms with Crippen LogP contribution in [0.15, 0.2) is 36.5 Å². The predicted molar refractivity (Wildman–Crippen MR) is 81.2 cm³/mol. The van der Waals surface area contributed by atoms with Crippen LogP contribution in [0.5, 0.6) is 0 Å². The first-order valence-corrected chi connectivity index (χ1v) is 6.43. The number of nitrogens with two attached hydrogens (primary N) is 1. The highest BCUT2D eigenvalue weighted by Crippen LogP contribution is 2.28. The number of para-hydroxylation sites is 1. The van der Waals surface area contributed by atoms with E-state index in [2.05, 4.69) is 20.3 Å². The van der Waals surface area contributed by atoms with Crippen molar-refractivity contribution in [2.45, 2.75) is 6.92 Å². The largest absolute Gasteiger partial charge is 0.394 e. The third-order valence-electron chi connectivity index (χ3n) is 2.99. The average Bonchev–Trinajstić information content (AvgIpc) is 2.44. The second-order valence-corrected chi connectivity index (χ2v) is 4.68. The monoisotopic (exact) mass is 285 g/mol. The van der Waals surface area contributed by atoms with E-state index in [1.54, 1.807) is 13.1 Å². The van der Waals surface area contributed by atoms with Crippen molar-refractivity contribution in [2.75, 3.05) is 11.1 Å². The minimum atomic E-state index is 0.160. The summed E-state index contributed by atoms with van der Waals surface area (Å²) >= 11 is 5.87. The predicted octanol–water partition coefficient (Wildman–Crippen LogP) is 3.31. The number of aromatic nitrogens is 3. The molecule has 0 aliphatic rings. The Labute approximate surface area is 120 Å². The third-order valence-corrected chi connectivity index (χ3v) is 3.16.